The number of hydrogen-bond donors (Lipinski definition) is 1. The lowest BCUT2D eigenvalue weighted by Gasteiger charge is -2.38. The molecular formula is C16H25N3O2. The lowest BCUT2D eigenvalue weighted by Crippen LogP contribution is -2.52. The van der Waals surface area contributed by atoms with Gasteiger partial charge in [-0.1, -0.05) is 12.1 Å². The summed E-state index contributed by atoms with van der Waals surface area (Å²) in [5.74, 6) is 0.889. The molecule has 0 aromatic heterocycles. The number of carbonyl (C=O) groups is 1. The topological polar surface area (TPSA) is 44.8 Å². The number of hydrogen-bond acceptors (Lipinski definition) is 3. The van der Waals surface area contributed by atoms with Crippen LogP contribution >= 0.6 is 0 Å². The van der Waals surface area contributed by atoms with Gasteiger partial charge in [0.25, 0.3) is 0 Å². The minimum Gasteiger partial charge on any atom is -0.497 e. The van der Waals surface area contributed by atoms with Gasteiger partial charge in [0, 0.05) is 38.8 Å². The Morgan fingerprint density at radius 1 is 1.33 bits per heavy atom. The lowest BCUT2D eigenvalue weighted by atomic mass is 10.1. The molecule has 2 rings (SSSR count). The number of piperazine rings is 1. The Hall–Kier alpha value is -1.75. The summed E-state index contributed by atoms with van der Waals surface area (Å²) in [6, 6.07) is 8.57. The van der Waals surface area contributed by atoms with Crippen LogP contribution in [0.25, 0.3) is 0 Å². The Kier molecular flexibility index (Phi) is 5.44. The molecule has 5 nitrogen and oxygen atoms in total. The number of ether oxygens (including phenoxy) is 1. The van der Waals surface area contributed by atoms with Gasteiger partial charge in [-0.05, 0) is 31.5 Å². The van der Waals surface area contributed by atoms with Gasteiger partial charge < -0.3 is 15.0 Å². The monoisotopic (exact) mass is 291 g/mol. The number of nitrogens with zero attached hydrogens (tertiary/aromatic N) is 2. The van der Waals surface area contributed by atoms with E-state index in [0.29, 0.717) is 12.6 Å². The third-order valence-electron chi connectivity index (χ3n) is 4.05. The van der Waals surface area contributed by atoms with E-state index in [9.17, 15) is 4.79 Å². The molecule has 5 heteroatoms. The van der Waals surface area contributed by atoms with E-state index >= 15 is 0 Å². The van der Waals surface area contributed by atoms with E-state index in [1.54, 1.807) is 7.11 Å². The van der Waals surface area contributed by atoms with Crippen LogP contribution in [0, 0.1) is 0 Å². The van der Waals surface area contributed by atoms with E-state index in [0.717, 1.165) is 31.9 Å². The van der Waals surface area contributed by atoms with Crippen LogP contribution in [-0.2, 0) is 0 Å². The molecule has 1 N–H and O–H groups in total. The molecule has 1 aromatic rings. The highest BCUT2D eigenvalue weighted by Gasteiger charge is 2.24. The molecule has 1 aliphatic heterocycles. The van der Waals surface area contributed by atoms with Gasteiger partial charge in [0.1, 0.15) is 5.75 Å². The summed E-state index contributed by atoms with van der Waals surface area (Å²) in [7, 11) is 1.69. The van der Waals surface area contributed by atoms with E-state index in [4.69, 9.17) is 4.74 Å². The van der Waals surface area contributed by atoms with Crippen LogP contribution in [-0.4, -0.2) is 55.7 Å². The van der Waals surface area contributed by atoms with Gasteiger partial charge in [-0.2, -0.15) is 0 Å². The molecule has 0 bridgehead atoms. The zero-order chi connectivity index (χ0) is 15.2. The summed E-state index contributed by atoms with van der Waals surface area (Å²) >= 11 is 0. The van der Waals surface area contributed by atoms with Crippen molar-refractivity contribution in [1.29, 1.82) is 0 Å². The van der Waals surface area contributed by atoms with Gasteiger partial charge >= 0.3 is 6.03 Å². The average molecular weight is 291 g/mol. The smallest absolute Gasteiger partial charge is 0.317 e. The predicted octanol–water partition coefficient (Wildman–Crippen LogP) is 2.10. The van der Waals surface area contributed by atoms with Gasteiger partial charge in [-0.25, -0.2) is 4.79 Å². The summed E-state index contributed by atoms with van der Waals surface area (Å²) in [5.41, 5.74) is 1.25. The van der Waals surface area contributed by atoms with Crippen LogP contribution in [0.4, 0.5) is 4.79 Å². The molecule has 0 unspecified atom stereocenters. The molecule has 1 saturated heterocycles. The molecule has 1 fully saturated rings. The normalized spacial score (nSPS) is 17.4. The molecule has 21 heavy (non-hydrogen) atoms. The van der Waals surface area contributed by atoms with Crippen molar-refractivity contribution in [2.45, 2.75) is 19.9 Å². The first kappa shape index (κ1) is 15.6. The Labute approximate surface area is 126 Å². The number of urea groups is 1. The maximum absolute atomic E-state index is 11.8. The van der Waals surface area contributed by atoms with Crippen molar-refractivity contribution in [1.82, 2.24) is 15.1 Å². The van der Waals surface area contributed by atoms with Gasteiger partial charge in [-0.3, -0.25) is 4.90 Å². The minimum absolute atomic E-state index is 0.0474. The Morgan fingerprint density at radius 3 is 2.67 bits per heavy atom. The molecule has 1 aliphatic rings. The molecule has 0 radical (unpaired) electrons. The molecule has 116 valence electrons. The maximum atomic E-state index is 11.8. The Balaban J connectivity index is 1.93. The standard InChI is InChI=1S/C16H25N3O2/c1-4-17-16(20)19-10-8-18(9-11-19)13(2)14-6-5-7-15(12-14)21-3/h5-7,12-13H,4,8-11H2,1-3H3,(H,17,20)/t13-/m1/s1. The second-order valence-electron chi connectivity index (χ2n) is 5.31. The lowest BCUT2D eigenvalue weighted by molar-refractivity contribution is 0.114. The van der Waals surface area contributed by atoms with Crippen molar-refractivity contribution in [3.63, 3.8) is 0 Å². The Bertz CT molecular complexity index is 470. The fraction of sp³-hybridized carbons (Fsp3) is 0.562. The van der Waals surface area contributed by atoms with E-state index in [1.807, 2.05) is 24.0 Å². The highest BCUT2D eigenvalue weighted by molar-refractivity contribution is 5.74. The van der Waals surface area contributed by atoms with Crippen LogP contribution in [0.1, 0.15) is 25.5 Å². The van der Waals surface area contributed by atoms with Crippen molar-refractivity contribution in [3.8, 4) is 5.75 Å². The summed E-state index contributed by atoms with van der Waals surface area (Å²) in [6.45, 7) is 8.18. The van der Waals surface area contributed by atoms with E-state index in [2.05, 4.69) is 29.3 Å². The summed E-state index contributed by atoms with van der Waals surface area (Å²) < 4.78 is 5.29. The molecule has 1 heterocycles. The van der Waals surface area contributed by atoms with Crippen LogP contribution in [0.3, 0.4) is 0 Å². The van der Waals surface area contributed by atoms with Crippen LogP contribution in [0.15, 0.2) is 24.3 Å². The van der Waals surface area contributed by atoms with E-state index in [1.165, 1.54) is 5.56 Å². The first-order valence-electron chi connectivity index (χ1n) is 7.56. The molecule has 1 atom stereocenters. The second-order valence-corrected chi connectivity index (χ2v) is 5.31. The quantitative estimate of drug-likeness (QED) is 0.924. The Morgan fingerprint density at radius 2 is 2.05 bits per heavy atom. The first-order valence-corrected chi connectivity index (χ1v) is 7.56. The first-order chi connectivity index (χ1) is 10.2. The van der Waals surface area contributed by atoms with Gasteiger partial charge in [0.15, 0.2) is 0 Å². The average Bonchev–Trinajstić information content (AvgIpc) is 2.54. The number of amides is 2. The summed E-state index contributed by atoms with van der Waals surface area (Å²) in [5, 5.41) is 2.86. The van der Waals surface area contributed by atoms with Crippen LogP contribution < -0.4 is 10.1 Å². The van der Waals surface area contributed by atoms with E-state index in [-0.39, 0.29) is 6.03 Å². The minimum atomic E-state index is 0.0474. The molecule has 0 saturated carbocycles. The molecule has 0 aliphatic carbocycles. The molecular weight excluding hydrogens is 266 g/mol. The van der Waals surface area contributed by atoms with Crippen LogP contribution in [0.5, 0.6) is 5.75 Å². The molecule has 0 spiro atoms. The van der Waals surface area contributed by atoms with Crippen molar-refractivity contribution in [2.24, 2.45) is 0 Å². The fourth-order valence-corrected chi connectivity index (χ4v) is 2.69. The van der Waals surface area contributed by atoms with Crippen molar-refractivity contribution in [2.75, 3.05) is 39.8 Å². The van der Waals surface area contributed by atoms with Crippen molar-refractivity contribution >= 4 is 6.03 Å². The maximum Gasteiger partial charge on any atom is 0.317 e. The number of nitrogens with one attached hydrogen (secondary N) is 1. The summed E-state index contributed by atoms with van der Waals surface area (Å²) in [4.78, 5) is 16.1. The van der Waals surface area contributed by atoms with Crippen LogP contribution in [0.2, 0.25) is 0 Å². The van der Waals surface area contributed by atoms with E-state index < -0.39 is 0 Å². The largest absolute Gasteiger partial charge is 0.497 e. The number of carbonyl (C=O) groups excluding carboxylic acids is 1. The zero-order valence-electron chi connectivity index (χ0n) is 13.1. The highest BCUT2D eigenvalue weighted by atomic mass is 16.5. The molecule has 1 aromatic carbocycles. The zero-order valence-corrected chi connectivity index (χ0v) is 13.1. The molecule has 2 amide bonds. The SMILES string of the molecule is CCNC(=O)N1CCN([C@H](C)c2cccc(OC)c2)CC1. The number of benzene rings is 1. The third kappa shape index (κ3) is 3.88. The highest BCUT2D eigenvalue weighted by Crippen LogP contribution is 2.24. The fourth-order valence-electron chi connectivity index (χ4n) is 2.69. The predicted molar refractivity (Wildman–Crippen MR) is 83.6 cm³/mol. The van der Waals surface area contributed by atoms with Gasteiger partial charge in [-0.15, -0.1) is 0 Å². The summed E-state index contributed by atoms with van der Waals surface area (Å²) in [6.07, 6.45) is 0. The van der Waals surface area contributed by atoms with Gasteiger partial charge in [0.2, 0.25) is 0 Å². The number of rotatable bonds is 4. The third-order valence-corrected chi connectivity index (χ3v) is 4.05. The number of methoxy groups -OCH3 is 1. The van der Waals surface area contributed by atoms with Gasteiger partial charge in [0.05, 0.1) is 7.11 Å². The second kappa shape index (κ2) is 7.31. The van der Waals surface area contributed by atoms with Crippen molar-refractivity contribution in [3.05, 3.63) is 29.8 Å². The van der Waals surface area contributed by atoms with Crippen molar-refractivity contribution < 1.29 is 9.53 Å².